The van der Waals surface area contributed by atoms with Crippen LogP contribution in [0.3, 0.4) is 0 Å². The highest BCUT2D eigenvalue weighted by Crippen LogP contribution is 2.52. The van der Waals surface area contributed by atoms with E-state index in [1.54, 1.807) is 28.8 Å². The molecule has 3 aromatic rings. The summed E-state index contributed by atoms with van der Waals surface area (Å²) in [6.45, 7) is 3.53. The molecule has 2 fully saturated rings. The van der Waals surface area contributed by atoms with Crippen LogP contribution in [0.2, 0.25) is 0 Å². The van der Waals surface area contributed by atoms with E-state index in [4.69, 9.17) is 5.11 Å². The zero-order chi connectivity index (χ0) is 25.5. The third kappa shape index (κ3) is 5.37. The Morgan fingerprint density at radius 3 is 1.97 bits per heavy atom. The molecule has 2 aromatic carbocycles. The van der Waals surface area contributed by atoms with Crippen LogP contribution in [0.4, 0.5) is 32.2 Å². The number of phenolic OH excluding ortho intramolecular Hbond substituents is 1. The fourth-order valence-corrected chi connectivity index (χ4v) is 4.74. The topological polar surface area (TPSA) is 36.4 Å². The summed E-state index contributed by atoms with van der Waals surface area (Å²) in [5, 5.41) is 9.01. The van der Waals surface area contributed by atoms with Crippen molar-refractivity contribution in [2.24, 2.45) is 17.8 Å². The molecule has 0 radical (unpaired) electrons. The molecule has 1 aliphatic carbocycles. The Hall–Kier alpha value is -2.88. The summed E-state index contributed by atoms with van der Waals surface area (Å²) < 4.78 is 77.2. The average molecular weight is 513 g/mol. The van der Waals surface area contributed by atoms with Crippen molar-refractivity contribution in [3.8, 4) is 16.9 Å². The summed E-state index contributed by atoms with van der Waals surface area (Å²) in [5.74, 6) is -1.93. The van der Waals surface area contributed by atoms with Crippen molar-refractivity contribution in [3.05, 3.63) is 71.7 Å². The van der Waals surface area contributed by atoms with Gasteiger partial charge in [-0.1, -0.05) is 19.1 Å². The summed E-state index contributed by atoms with van der Waals surface area (Å²) >= 11 is 1.59. The van der Waals surface area contributed by atoms with Crippen molar-refractivity contribution in [2.45, 2.75) is 18.0 Å². The minimum Gasteiger partial charge on any atom is -0.503 e. The predicted molar refractivity (Wildman–Crippen MR) is 123 cm³/mol. The van der Waals surface area contributed by atoms with Crippen LogP contribution in [0.15, 0.2) is 53.6 Å². The van der Waals surface area contributed by atoms with Gasteiger partial charge in [0.15, 0.2) is 29.0 Å². The number of alkyl halides is 3. The first-order chi connectivity index (χ1) is 16.5. The molecule has 1 aromatic heterocycles. The van der Waals surface area contributed by atoms with E-state index in [9.17, 15) is 26.3 Å². The van der Waals surface area contributed by atoms with Crippen molar-refractivity contribution in [3.63, 3.8) is 0 Å². The number of halogens is 6. The maximum Gasteiger partial charge on any atom is 0.417 e. The summed E-state index contributed by atoms with van der Waals surface area (Å²) in [5.41, 5.74) is 0.0764. The van der Waals surface area contributed by atoms with Crippen LogP contribution in [0.5, 0.6) is 5.75 Å². The van der Waals surface area contributed by atoms with E-state index < -0.39 is 34.9 Å². The van der Waals surface area contributed by atoms with Crippen molar-refractivity contribution >= 4 is 17.6 Å². The monoisotopic (exact) mass is 512 g/mol. The Morgan fingerprint density at radius 1 is 0.914 bits per heavy atom. The molecule has 0 bridgehead atoms. The smallest absolute Gasteiger partial charge is 0.417 e. The predicted octanol–water partition coefficient (Wildman–Crippen LogP) is 7.00. The van der Waals surface area contributed by atoms with Gasteiger partial charge in [-0.2, -0.15) is 13.2 Å². The van der Waals surface area contributed by atoms with Crippen LogP contribution in [0.1, 0.15) is 12.5 Å². The number of piperidine rings is 1. The van der Waals surface area contributed by atoms with Gasteiger partial charge in [-0.3, -0.25) is 0 Å². The zero-order valence-electron chi connectivity index (χ0n) is 18.8. The van der Waals surface area contributed by atoms with Gasteiger partial charge >= 0.3 is 6.18 Å². The molecule has 10 heteroatoms. The lowest BCUT2D eigenvalue weighted by Gasteiger charge is -2.21. The maximum atomic E-state index is 13.7. The molecular weight excluding hydrogens is 490 g/mol. The van der Waals surface area contributed by atoms with Gasteiger partial charge in [0.2, 0.25) is 0 Å². The lowest BCUT2D eigenvalue weighted by atomic mass is 10.1. The number of anilines is 1. The minimum absolute atomic E-state index is 0.0439. The van der Waals surface area contributed by atoms with E-state index in [2.05, 4.69) is 11.9 Å². The van der Waals surface area contributed by atoms with Crippen LogP contribution < -0.4 is 4.90 Å². The minimum atomic E-state index is -4.55. The second-order valence-electron chi connectivity index (χ2n) is 8.64. The molecule has 1 saturated heterocycles. The lowest BCUT2D eigenvalue weighted by Crippen LogP contribution is -2.26. The fourth-order valence-electron chi connectivity index (χ4n) is 4.33. The maximum absolute atomic E-state index is 13.7. The molecule has 0 spiro atoms. The highest BCUT2D eigenvalue weighted by molar-refractivity contribution is 7.98. The van der Waals surface area contributed by atoms with Gasteiger partial charge in [-0.25, -0.2) is 18.2 Å². The molecule has 2 unspecified atom stereocenters. The highest BCUT2D eigenvalue weighted by atomic mass is 32.2. The summed E-state index contributed by atoms with van der Waals surface area (Å²) in [7, 11) is 0. The van der Waals surface area contributed by atoms with Crippen molar-refractivity contribution in [1.82, 2.24) is 4.98 Å². The Balaban J connectivity index is 0.000000165. The van der Waals surface area contributed by atoms with Gasteiger partial charge in [-0.15, -0.1) is 11.8 Å². The standard InChI is InChI=1S/C13H10F2OS.C12H12F4N2/c1-17-10-4-2-8(3-5-10)9-6-11(14)13(16)12(15)7-9;1-6-8-4-18(5-9(6)8)11-10(13)2-7(3-17-11)12(14,15)16/h2-7,16H,1H3;2-3,6,8-9H,4-5H2,1H3. The fraction of sp³-hybridized carbons (Fsp3) is 0.320. The van der Waals surface area contributed by atoms with Gasteiger partial charge in [0.05, 0.1) is 5.56 Å². The molecule has 1 saturated carbocycles. The number of benzene rings is 2. The normalized spacial score (nSPS) is 20.8. The second kappa shape index (κ2) is 9.64. The second-order valence-corrected chi connectivity index (χ2v) is 9.52. The van der Waals surface area contributed by atoms with Gasteiger partial charge < -0.3 is 10.0 Å². The van der Waals surface area contributed by atoms with E-state index in [1.165, 1.54) is 0 Å². The van der Waals surface area contributed by atoms with Gasteiger partial charge in [-0.05, 0) is 65.5 Å². The van der Waals surface area contributed by atoms with Crippen molar-refractivity contribution in [1.29, 1.82) is 0 Å². The number of pyridine rings is 1. The molecule has 2 heterocycles. The summed E-state index contributed by atoms with van der Waals surface area (Å²) in [4.78, 5) is 6.46. The molecule has 3 nitrogen and oxygen atoms in total. The number of fused-ring (bicyclic) bond motifs is 1. The third-order valence-electron chi connectivity index (χ3n) is 6.51. The molecule has 35 heavy (non-hydrogen) atoms. The molecule has 1 aliphatic heterocycles. The lowest BCUT2D eigenvalue weighted by molar-refractivity contribution is -0.138. The molecule has 186 valence electrons. The SMILES string of the molecule is CC1C2CN(c3ncc(C(F)(F)F)cc3F)CC12.CSc1ccc(-c2cc(F)c(O)c(F)c2)cc1. The molecule has 1 N–H and O–H groups in total. The number of nitrogens with zero attached hydrogens (tertiary/aromatic N) is 2. The Bertz CT molecular complexity index is 1180. The quantitative estimate of drug-likeness (QED) is 0.303. The Kier molecular flexibility index (Phi) is 6.95. The molecule has 2 atom stereocenters. The van der Waals surface area contributed by atoms with Gasteiger partial charge in [0, 0.05) is 24.2 Å². The van der Waals surface area contributed by atoms with Crippen LogP contribution >= 0.6 is 11.8 Å². The van der Waals surface area contributed by atoms with Gasteiger partial charge in [0.25, 0.3) is 0 Å². The van der Waals surface area contributed by atoms with Crippen molar-refractivity contribution < 1.29 is 31.4 Å². The first-order valence-electron chi connectivity index (χ1n) is 10.8. The largest absolute Gasteiger partial charge is 0.503 e. The molecule has 5 rings (SSSR count). The van der Waals surface area contributed by atoms with Crippen LogP contribution in [-0.4, -0.2) is 29.4 Å². The van der Waals surface area contributed by atoms with E-state index >= 15 is 0 Å². The van der Waals surface area contributed by atoms with Crippen LogP contribution in [0, 0.1) is 35.2 Å². The third-order valence-corrected chi connectivity index (χ3v) is 7.25. The van der Waals surface area contributed by atoms with E-state index in [0.29, 0.717) is 54.2 Å². The zero-order valence-corrected chi connectivity index (χ0v) is 19.6. The Morgan fingerprint density at radius 2 is 1.49 bits per heavy atom. The number of hydrogen-bond donors (Lipinski definition) is 1. The number of rotatable bonds is 3. The highest BCUT2D eigenvalue weighted by Gasteiger charge is 2.53. The summed E-state index contributed by atoms with van der Waals surface area (Å²) in [6.07, 6.45) is -1.89. The number of thioether (sulfide) groups is 1. The van der Waals surface area contributed by atoms with Crippen LogP contribution in [0.25, 0.3) is 11.1 Å². The molecule has 2 aliphatic rings. The van der Waals surface area contributed by atoms with E-state index in [1.807, 2.05) is 18.4 Å². The van der Waals surface area contributed by atoms with E-state index in [-0.39, 0.29) is 5.82 Å². The first kappa shape index (κ1) is 25.2. The molecule has 0 amide bonds. The number of phenols is 1. The van der Waals surface area contributed by atoms with E-state index in [0.717, 1.165) is 17.0 Å². The average Bonchev–Trinajstić information content (AvgIpc) is 3.20. The van der Waals surface area contributed by atoms with Gasteiger partial charge in [0.1, 0.15) is 0 Å². The number of hydrogen-bond acceptors (Lipinski definition) is 4. The Labute approximate surface area is 202 Å². The summed E-state index contributed by atoms with van der Waals surface area (Å²) in [6, 6.07) is 10.1. The first-order valence-corrected chi connectivity index (χ1v) is 12.0. The van der Waals surface area contributed by atoms with Crippen LogP contribution in [-0.2, 0) is 6.18 Å². The van der Waals surface area contributed by atoms with Crippen molar-refractivity contribution in [2.75, 3.05) is 24.2 Å². The number of aromatic nitrogens is 1. The molecular formula is C25H22F6N2OS. The number of aromatic hydroxyl groups is 1.